The zero-order valence-corrected chi connectivity index (χ0v) is 13.4. The van der Waals surface area contributed by atoms with Gasteiger partial charge < -0.3 is 10.1 Å². The fourth-order valence-corrected chi connectivity index (χ4v) is 2.17. The first kappa shape index (κ1) is 15.5. The number of hydrogen-bond acceptors (Lipinski definition) is 2. The molecule has 0 saturated carbocycles. The van der Waals surface area contributed by atoms with Crippen molar-refractivity contribution < 1.29 is 4.74 Å². The van der Waals surface area contributed by atoms with E-state index < -0.39 is 0 Å². The molecule has 18 heavy (non-hydrogen) atoms. The van der Waals surface area contributed by atoms with Gasteiger partial charge in [-0.3, -0.25) is 0 Å². The third-order valence-electron chi connectivity index (χ3n) is 3.07. The average molecular weight is 314 g/mol. The normalized spacial score (nSPS) is 12.8. The van der Waals surface area contributed by atoms with E-state index in [1.165, 1.54) is 18.4 Å². The lowest BCUT2D eigenvalue weighted by atomic mass is 10.0. The Balaban J connectivity index is 2.47. The van der Waals surface area contributed by atoms with Crippen LogP contribution >= 0.6 is 15.9 Å². The highest BCUT2D eigenvalue weighted by Crippen LogP contribution is 2.22. The van der Waals surface area contributed by atoms with Crippen molar-refractivity contribution in [3.63, 3.8) is 0 Å². The molecular weight excluding hydrogens is 290 g/mol. The van der Waals surface area contributed by atoms with Crippen molar-refractivity contribution >= 4 is 15.9 Å². The smallest absolute Gasteiger partial charge is 0.119 e. The highest BCUT2D eigenvalue weighted by Gasteiger charge is 2.06. The first-order valence-electron chi connectivity index (χ1n) is 6.58. The SMILES string of the molecule is COc1ccc(Br)c(CNC(C)CCC(C)C)c1. The lowest BCUT2D eigenvalue weighted by Crippen LogP contribution is -2.25. The van der Waals surface area contributed by atoms with Crippen LogP contribution in [0.15, 0.2) is 22.7 Å². The van der Waals surface area contributed by atoms with Crippen molar-refractivity contribution in [2.75, 3.05) is 7.11 Å². The molecule has 0 heterocycles. The Hall–Kier alpha value is -0.540. The molecule has 1 rings (SSSR count). The monoisotopic (exact) mass is 313 g/mol. The van der Waals surface area contributed by atoms with Gasteiger partial charge in [-0.1, -0.05) is 29.8 Å². The van der Waals surface area contributed by atoms with E-state index in [1.54, 1.807) is 7.11 Å². The first-order valence-corrected chi connectivity index (χ1v) is 7.38. The largest absolute Gasteiger partial charge is 0.497 e. The van der Waals surface area contributed by atoms with Gasteiger partial charge in [-0.15, -0.1) is 0 Å². The molecule has 0 aliphatic heterocycles. The molecule has 0 aliphatic rings. The molecule has 1 aromatic carbocycles. The number of nitrogens with one attached hydrogen (secondary N) is 1. The van der Waals surface area contributed by atoms with Gasteiger partial charge in [-0.05, 0) is 49.4 Å². The fourth-order valence-electron chi connectivity index (χ4n) is 1.78. The first-order chi connectivity index (χ1) is 8.52. The van der Waals surface area contributed by atoms with E-state index in [9.17, 15) is 0 Å². The Kier molecular flexibility index (Phi) is 6.72. The lowest BCUT2D eigenvalue weighted by Gasteiger charge is -2.16. The zero-order valence-electron chi connectivity index (χ0n) is 11.8. The van der Waals surface area contributed by atoms with Crippen molar-refractivity contribution in [2.45, 2.75) is 46.2 Å². The van der Waals surface area contributed by atoms with Gasteiger partial charge in [-0.25, -0.2) is 0 Å². The third kappa shape index (κ3) is 5.40. The van der Waals surface area contributed by atoms with Crippen molar-refractivity contribution in [2.24, 2.45) is 5.92 Å². The van der Waals surface area contributed by atoms with E-state index in [1.807, 2.05) is 12.1 Å². The van der Waals surface area contributed by atoms with E-state index in [4.69, 9.17) is 4.74 Å². The molecule has 1 aromatic rings. The molecule has 102 valence electrons. The molecule has 0 saturated heterocycles. The number of halogens is 1. The predicted octanol–water partition coefficient (Wildman–Crippen LogP) is 4.37. The van der Waals surface area contributed by atoms with Gasteiger partial charge in [0.15, 0.2) is 0 Å². The second kappa shape index (κ2) is 7.80. The standard InChI is InChI=1S/C15H24BrNO/c1-11(2)5-6-12(3)17-10-13-9-14(18-4)7-8-15(13)16/h7-9,11-12,17H,5-6,10H2,1-4H3. The fraction of sp³-hybridized carbons (Fsp3) is 0.600. The summed E-state index contributed by atoms with van der Waals surface area (Å²) < 4.78 is 6.38. The van der Waals surface area contributed by atoms with Crippen molar-refractivity contribution in [3.8, 4) is 5.75 Å². The Morgan fingerprint density at radius 2 is 1.94 bits per heavy atom. The van der Waals surface area contributed by atoms with Crippen LogP contribution in [0.25, 0.3) is 0 Å². The highest BCUT2D eigenvalue weighted by molar-refractivity contribution is 9.10. The van der Waals surface area contributed by atoms with Crippen LogP contribution in [0.2, 0.25) is 0 Å². The summed E-state index contributed by atoms with van der Waals surface area (Å²) in [7, 11) is 1.70. The lowest BCUT2D eigenvalue weighted by molar-refractivity contribution is 0.413. The number of methoxy groups -OCH3 is 1. The Morgan fingerprint density at radius 3 is 2.56 bits per heavy atom. The van der Waals surface area contributed by atoms with Crippen molar-refractivity contribution in [1.29, 1.82) is 0 Å². The van der Waals surface area contributed by atoms with E-state index in [-0.39, 0.29) is 0 Å². The summed E-state index contributed by atoms with van der Waals surface area (Å²) in [4.78, 5) is 0. The Labute approximate surface area is 119 Å². The molecule has 0 fully saturated rings. The van der Waals surface area contributed by atoms with Gasteiger partial charge in [0, 0.05) is 17.1 Å². The van der Waals surface area contributed by atoms with E-state index in [0.717, 1.165) is 22.7 Å². The molecule has 0 amide bonds. The Bertz CT molecular complexity index is 366. The van der Waals surface area contributed by atoms with Crippen LogP contribution in [-0.2, 0) is 6.54 Å². The highest BCUT2D eigenvalue weighted by atomic mass is 79.9. The van der Waals surface area contributed by atoms with Crippen LogP contribution in [0.3, 0.4) is 0 Å². The minimum Gasteiger partial charge on any atom is -0.497 e. The summed E-state index contributed by atoms with van der Waals surface area (Å²) in [5, 5.41) is 3.56. The summed E-state index contributed by atoms with van der Waals surface area (Å²) in [5.41, 5.74) is 1.24. The molecule has 0 bridgehead atoms. The van der Waals surface area contributed by atoms with Gasteiger partial charge in [0.05, 0.1) is 7.11 Å². The molecule has 2 nitrogen and oxygen atoms in total. The minimum atomic E-state index is 0.547. The van der Waals surface area contributed by atoms with Gasteiger partial charge in [0.25, 0.3) is 0 Å². The van der Waals surface area contributed by atoms with Gasteiger partial charge in [-0.2, -0.15) is 0 Å². The molecule has 0 aromatic heterocycles. The summed E-state index contributed by atoms with van der Waals surface area (Å²) >= 11 is 3.58. The van der Waals surface area contributed by atoms with Crippen LogP contribution in [0.5, 0.6) is 5.75 Å². The van der Waals surface area contributed by atoms with Gasteiger partial charge in [0.2, 0.25) is 0 Å². The van der Waals surface area contributed by atoms with Gasteiger partial charge >= 0.3 is 0 Å². The topological polar surface area (TPSA) is 21.3 Å². The molecular formula is C15H24BrNO. The molecule has 0 spiro atoms. The van der Waals surface area contributed by atoms with Crippen LogP contribution in [0.1, 0.15) is 39.2 Å². The minimum absolute atomic E-state index is 0.547. The molecule has 0 radical (unpaired) electrons. The predicted molar refractivity (Wildman–Crippen MR) is 81.1 cm³/mol. The van der Waals surface area contributed by atoms with E-state index in [0.29, 0.717) is 6.04 Å². The third-order valence-corrected chi connectivity index (χ3v) is 3.84. The van der Waals surface area contributed by atoms with Crippen molar-refractivity contribution in [1.82, 2.24) is 5.32 Å². The molecule has 0 aliphatic carbocycles. The maximum Gasteiger partial charge on any atom is 0.119 e. The molecule has 1 N–H and O–H groups in total. The average Bonchev–Trinajstić information content (AvgIpc) is 2.35. The van der Waals surface area contributed by atoms with Crippen LogP contribution in [0.4, 0.5) is 0 Å². The molecule has 1 unspecified atom stereocenters. The van der Waals surface area contributed by atoms with Crippen LogP contribution < -0.4 is 10.1 Å². The summed E-state index contributed by atoms with van der Waals surface area (Å²) in [6.45, 7) is 7.66. The number of hydrogen-bond donors (Lipinski definition) is 1. The summed E-state index contributed by atoms with van der Waals surface area (Å²) in [5.74, 6) is 1.68. The second-order valence-corrected chi connectivity index (χ2v) is 6.06. The summed E-state index contributed by atoms with van der Waals surface area (Å²) in [6.07, 6.45) is 2.49. The Morgan fingerprint density at radius 1 is 1.22 bits per heavy atom. The van der Waals surface area contributed by atoms with E-state index >= 15 is 0 Å². The summed E-state index contributed by atoms with van der Waals surface area (Å²) in [6, 6.07) is 6.63. The number of benzene rings is 1. The van der Waals surface area contributed by atoms with Crippen molar-refractivity contribution in [3.05, 3.63) is 28.2 Å². The van der Waals surface area contributed by atoms with Crippen LogP contribution in [-0.4, -0.2) is 13.2 Å². The molecule has 3 heteroatoms. The number of ether oxygens (including phenoxy) is 1. The maximum absolute atomic E-state index is 5.25. The van der Waals surface area contributed by atoms with Crippen LogP contribution in [0, 0.1) is 5.92 Å². The second-order valence-electron chi connectivity index (χ2n) is 5.21. The van der Waals surface area contributed by atoms with E-state index in [2.05, 4.69) is 48.1 Å². The van der Waals surface area contributed by atoms with Gasteiger partial charge in [0.1, 0.15) is 5.75 Å². The zero-order chi connectivity index (χ0) is 13.5. The quantitative estimate of drug-likeness (QED) is 0.807. The number of rotatable bonds is 7. The molecule has 1 atom stereocenters. The maximum atomic E-state index is 5.25.